The number of hydrogen-bond donors (Lipinski definition) is 3. The Morgan fingerprint density at radius 1 is 1.21 bits per heavy atom. The zero-order valence-corrected chi connectivity index (χ0v) is 8.22. The number of phosphoric ester groups is 1. The van der Waals surface area contributed by atoms with E-state index in [1.807, 2.05) is 0 Å². The molecule has 0 fully saturated rings. The van der Waals surface area contributed by atoms with Crippen LogP contribution < -0.4 is 4.52 Å². The zero-order valence-electron chi connectivity index (χ0n) is 7.33. The predicted octanol–water partition coefficient (Wildman–Crippen LogP) is 0.693. The predicted molar refractivity (Wildman–Crippen MR) is 49.9 cm³/mol. The van der Waals surface area contributed by atoms with Gasteiger partial charge >= 0.3 is 7.82 Å². The van der Waals surface area contributed by atoms with Crippen LogP contribution in [0.4, 0.5) is 0 Å². The van der Waals surface area contributed by atoms with Crippen molar-refractivity contribution in [1.29, 1.82) is 0 Å². The molecule has 0 bridgehead atoms. The van der Waals surface area contributed by atoms with Gasteiger partial charge in [0.25, 0.3) is 0 Å². The number of aliphatic hydroxyl groups is 1. The molecule has 0 heterocycles. The van der Waals surface area contributed by atoms with E-state index in [1.54, 1.807) is 12.1 Å². The summed E-state index contributed by atoms with van der Waals surface area (Å²) in [5, 5.41) is 8.62. The SMILES string of the molecule is O=P(O)(O)Oc1ccc(CCO)cc1. The third-order valence-electron chi connectivity index (χ3n) is 1.55. The summed E-state index contributed by atoms with van der Waals surface area (Å²) >= 11 is 0. The second kappa shape index (κ2) is 4.57. The van der Waals surface area contributed by atoms with E-state index in [0.29, 0.717) is 6.42 Å². The number of benzene rings is 1. The minimum Gasteiger partial charge on any atom is -0.404 e. The van der Waals surface area contributed by atoms with Crippen LogP contribution in [0, 0.1) is 0 Å². The summed E-state index contributed by atoms with van der Waals surface area (Å²) in [7, 11) is -4.47. The van der Waals surface area contributed by atoms with Gasteiger partial charge in [-0.1, -0.05) is 12.1 Å². The van der Waals surface area contributed by atoms with Gasteiger partial charge in [-0.3, -0.25) is 9.79 Å². The van der Waals surface area contributed by atoms with E-state index in [9.17, 15) is 4.57 Å². The fraction of sp³-hybridized carbons (Fsp3) is 0.250. The quantitative estimate of drug-likeness (QED) is 0.647. The second-order valence-electron chi connectivity index (χ2n) is 2.70. The van der Waals surface area contributed by atoms with Gasteiger partial charge in [-0.15, -0.1) is 0 Å². The zero-order chi connectivity index (χ0) is 10.6. The van der Waals surface area contributed by atoms with E-state index in [1.165, 1.54) is 12.1 Å². The highest BCUT2D eigenvalue weighted by Crippen LogP contribution is 2.37. The Morgan fingerprint density at radius 3 is 2.21 bits per heavy atom. The van der Waals surface area contributed by atoms with Crippen LogP contribution in [0.15, 0.2) is 24.3 Å². The summed E-state index contributed by atoms with van der Waals surface area (Å²) in [6, 6.07) is 6.18. The fourth-order valence-corrected chi connectivity index (χ4v) is 1.38. The van der Waals surface area contributed by atoms with Crippen LogP contribution in [0.25, 0.3) is 0 Å². The van der Waals surface area contributed by atoms with Gasteiger partial charge in [0.15, 0.2) is 0 Å². The van der Waals surface area contributed by atoms with E-state index >= 15 is 0 Å². The van der Waals surface area contributed by atoms with Crippen molar-refractivity contribution in [3.63, 3.8) is 0 Å². The third-order valence-corrected chi connectivity index (χ3v) is 2.00. The van der Waals surface area contributed by atoms with Crippen LogP contribution in [0.1, 0.15) is 5.56 Å². The Balaban J connectivity index is 2.69. The Morgan fingerprint density at radius 2 is 1.79 bits per heavy atom. The van der Waals surface area contributed by atoms with E-state index in [2.05, 4.69) is 4.52 Å². The maximum Gasteiger partial charge on any atom is 0.524 e. The standard InChI is InChI=1S/C8H11O5P/c9-6-5-7-1-3-8(4-2-7)13-14(10,11)12/h1-4,9H,5-6H2,(H2,10,11,12). The molecular formula is C8H11O5P. The molecular weight excluding hydrogens is 207 g/mol. The van der Waals surface area contributed by atoms with Crippen LogP contribution in [0.5, 0.6) is 5.75 Å². The van der Waals surface area contributed by atoms with Gasteiger partial charge in [0.1, 0.15) is 5.75 Å². The molecule has 0 radical (unpaired) electrons. The van der Waals surface area contributed by atoms with Gasteiger partial charge in [0, 0.05) is 6.61 Å². The molecule has 0 unspecified atom stereocenters. The minimum atomic E-state index is -4.47. The van der Waals surface area contributed by atoms with Crippen molar-refractivity contribution in [2.45, 2.75) is 6.42 Å². The lowest BCUT2D eigenvalue weighted by atomic mass is 10.2. The monoisotopic (exact) mass is 218 g/mol. The lowest BCUT2D eigenvalue weighted by Crippen LogP contribution is -1.92. The molecule has 0 amide bonds. The van der Waals surface area contributed by atoms with Gasteiger partial charge in [-0.25, -0.2) is 4.57 Å². The number of rotatable bonds is 4. The first-order chi connectivity index (χ1) is 6.51. The molecule has 6 heteroatoms. The Bertz CT molecular complexity index is 328. The van der Waals surface area contributed by atoms with E-state index < -0.39 is 7.82 Å². The van der Waals surface area contributed by atoms with Gasteiger partial charge in [-0.2, -0.15) is 0 Å². The van der Waals surface area contributed by atoms with Crippen LogP contribution in [0.2, 0.25) is 0 Å². The molecule has 3 N–H and O–H groups in total. The molecule has 14 heavy (non-hydrogen) atoms. The maximum atomic E-state index is 10.4. The summed E-state index contributed by atoms with van der Waals surface area (Å²) < 4.78 is 14.8. The second-order valence-corrected chi connectivity index (χ2v) is 3.86. The molecule has 0 saturated heterocycles. The Kier molecular flexibility index (Phi) is 3.66. The van der Waals surface area contributed by atoms with Gasteiger partial charge in [0.2, 0.25) is 0 Å². The largest absolute Gasteiger partial charge is 0.524 e. The highest BCUT2D eigenvalue weighted by molar-refractivity contribution is 7.46. The average molecular weight is 218 g/mol. The van der Waals surface area contributed by atoms with Gasteiger partial charge < -0.3 is 9.63 Å². The molecule has 0 saturated carbocycles. The highest BCUT2D eigenvalue weighted by atomic mass is 31.2. The van der Waals surface area contributed by atoms with Crippen molar-refractivity contribution < 1.29 is 24.0 Å². The van der Waals surface area contributed by atoms with Crippen LogP contribution >= 0.6 is 7.82 Å². The Labute approximate surface area is 81.2 Å². The molecule has 0 aliphatic carbocycles. The van der Waals surface area contributed by atoms with Crippen molar-refractivity contribution in [3.05, 3.63) is 29.8 Å². The first-order valence-corrected chi connectivity index (χ1v) is 5.49. The van der Waals surface area contributed by atoms with Gasteiger partial charge in [0.05, 0.1) is 0 Å². The molecule has 1 aromatic carbocycles. The number of phosphoric acid groups is 1. The summed E-state index contributed by atoms with van der Waals surface area (Å²) in [5.74, 6) is 0.111. The number of aliphatic hydroxyl groups excluding tert-OH is 1. The molecule has 78 valence electrons. The normalized spacial score (nSPS) is 11.4. The minimum absolute atomic E-state index is 0.0404. The molecule has 0 aliphatic rings. The molecule has 1 aromatic rings. The number of hydrogen-bond acceptors (Lipinski definition) is 3. The lowest BCUT2D eigenvalue weighted by Gasteiger charge is -2.06. The third kappa shape index (κ3) is 3.89. The first kappa shape index (κ1) is 11.2. The maximum absolute atomic E-state index is 10.4. The van der Waals surface area contributed by atoms with Crippen LogP contribution in [-0.4, -0.2) is 21.5 Å². The van der Waals surface area contributed by atoms with Crippen molar-refractivity contribution in [1.82, 2.24) is 0 Å². The van der Waals surface area contributed by atoms with E-state index in [4.69, 9.17) is 14.9 Å². The van der Waals surface area contributed by atoms with Crippen molar-refractivity contribution in [2.24, 2.45) is 0 Å². The molecule has 0 spiro atoms. The first-order valence-electron chi connectivity index (χ1n) is 3.96. The van der Waals surface area contributed by atoms with Crippen molar-refractivity contribution in [3.8, 4) is 5.75 Å². The average Bonchev–Trinajstić information content (AvgIpc) is 2.06. The van der Waals surface area contributed by atoms with Crippen LogP contribution in [-0.2, 0) is 11.0 Å². The Hall–Kier alpha value is -0.870. The summed E-state index contributed by atoms with van der Waals surface area (Å²) in [6.45, 7) is 0.0404. The van der Waals surface area contributed by atoms with E-state index in [0.717, 1.165) is 5.56 Å². The van der Waals surface area contributed by atoms with Crippen molar-refractivity contribution in [2.75, 3.05) is 6.61 Å². The summed E-state index contributed by atoms with van der Waals surface area (Å²) in [5.41, 5.74) is 0.880. The topological polar surface area (TPSA) is 87.0 Å². The van der Waals surface area contributed by atoms with Crippen molar-refractivity contribution >= 4 is 7.82 Å². The highest BCUT2D eigenvalue weighted by Gasteiger charge is 2.15. The van der Waals surface area contributed by atoms with E-state index in [-0.39, 0.29) is 12.4 Å². The molecule has 0 atom stereocenters. The molecule has 0 aliphatic heterocycles. The van der Waals surface area contributed by atoms with Gasteiger partial charge in [-0.05, 0) is 24.1 Å². The smallest absolute Gasteiger partial charge is 0.404 e. The molecule has 5 nitrogen and oxygen atoms in total. The summed E-state index contributed by atoms with van der Waals surface area (Å²) in [4.78, 5) is 17.0. The molecule has 0 aromatic heterocycles. The lowest BCUT2D eigenvalue weighted by molar-refractivity contribution is 0.283. The summed E-state index contributed by atoms with van der Waals surface area (Å²) in [6.07, 6.45) is 0.510. The van der Waals surface area contributed by atoms with Crippen LogP contribution in [0.3, 0.4) is 0 Å². The fourth-order valence-electron chi connectivity index (χ4n) is 0.983. The molecule has 1 rings (SSSR count).